The Morgan fingerprint density at radius 3 is 2.03 bits per heavy atom. The van der Waals surface area contributed by atoms with Crippen LogP contribution >= 0.6 is 0 Å². The van der Waals surface area contributed by atoms with Crippen LogP contribution in [0.5, 0.6) is 0 Å². The summed E-state index contributed by atoms with van der Waals surface area (Å²) >= 11 is 0. The van der Waals surface area contributed by atoms with Crippen molar-refractivity contribution in [3.8, 4) is 11.3 Å². The zero-order chi connectivity index (χ0) is 20.7. The van der Waals surface area contributed by atoms with Crippen molar-refractivity contribution in [2.24, 2.45) is 0 Å². The maximum Gasteiger partial charge on any atom is 0.370 e. The molecule has 158 valence electrons. The number of halogens is 1. The molecule has 0 N–H and O–H groups in total. The molecule has 0 unspecified atom stereocenters. The van der Waals surface area contributed by atoms with Crippen LogP contribution < -0.4 is 33.7 Å². The first-order valence-electron chi connectivity index (χ1n) is 9.21. The van der Waals surface area contributed by atoms with Crippen molar-refractivity contribution in [2.75, 3.05) is 57.5 Å². The molecule has 1 aromatic heterocycles. The molecule has 29 heavy (non-hydrogen) atoms. The lowest BCUT2D eigenvalue weighted by molar-refractivity contribution is -2.00. The van der Waals surface area contributed by atoms with Crippen LogP contribution in [0.4, 0.5) is 5.69 Å². The van der Waals surface area contributed by atoms with Crippen LogP contribution in [0.2, 0.25) is 0 Å². The molecule has 0 radical (unpaired) electrons. The van der Waals surface area contributed by atoms with Crippen molar-refractivity contribution in [1.82, 2.24) is 4.58 Å². The summed E-state index contributed by atoms with van der Waals surface area (Å²) in [4.78, 5) is 2.37. The van der Waals surface area contributed by atoms with Gasteiger partial charge in [-0.15, -0.1) is 10.2 Å². The number of ether oxygens (including phenoxy) is 2. The second-order valence-electron chi connectivity index (χ2n) is 6.46. The number of benzene rings is 1. The van der Waals surface area contributed by atoms with Gasteiger partial charge in [-0.3, -0.25) is 0 Å². The summed E-state index contributed by atoms with van der Waals surface area (Å²) in [5.74, 6) is 0.904. The number of hydrogen-bond donors (Lipinski definition) is 0. The molecule has 0 atom stereocenters. The number of nitrogens with zero attached hydrogens (tertiary/aromatic N) is 2. The van der Waals surface area contributed by atoms with Crippen molar-refractivity contribution in [3.05, 3.63) is 48.0 Å². The van der Waals surface area contributed by atoms with E-state index in [1.54, 1.807) is 0 Å². The van der Waals surface area contributed by atoms with Crippen molar-refractivity contribution >= 4 is 5.69 Å². The summed E-state index contributed by atoms with van der Waals surface area (Å²) in [5.41, 5.74) is 3.22. The number of anilines is 1. The van der Waals surface area contributed by atoms with Gasteiger partial charge in [0.15, 0.2) is 13.1 Å². The summed E-state index contributed by atoms with van der Waals surface area (Å²) in [6.07, 6.45) is 0. The van der Waals surface area contributed by atoms with Gasteiger partial charge in [0, 0.05) is 24.7 Å². The standard InChI is InChI=1S/C19H23N2O3.ClHO4/c1-2-4-16(5-3-1)18-14-17(20-6-10-22-11-7-20)15-19(24-18)21-8-12-23-13-9-21;2-1(3,4)5/h1-5,14-15H,6-13H2;(H,2,3,4,5)/q+1;/p-1. The van der Waals surface area contributed by atoms with Crippen LogP contribution in [0.25, 0.3) is 11.3 Å². The van der Waals surface area contributed by atoms with E-state index in [1.165, 1.54) is 5.69 Å². The highest BCUT2D eigenvalue weighted by Gasteiger charge is 2.18. The fraction of sp³-hybridized carbons (Fsp3) is 0.421. The van der Waals surface area contributed by atoms with Gasteiger partial charge in [-0.2, -0.15) is 4.58 Å². The normalized spacial score (nSPS) is 17.5. The molecule has 0 aliphatic carbocycles. The Kier molecular flexibility index (Phi) is 7.62. The highest BCUT2D eigenvalue weighted by Crippen LogP contribution is 2.23. The second kappa shape index (κ2) is 10.2. The minimum absolute atomic E-state index is 0.748. The fourth-order valence-electron chi connectivity index (χ4n) is 3.16. The Labute approximate surface area is 170 Å². The fourth-order valence-corrected chi connectivity index (χ4v) is 3.16. The number of rotatable bonds is 2. The molecule has 2 aliphatic rings. The average molecular weight is 427 g/mol. The maximum atomic E-state index is 8.49. The van der Waals surface area contributed by atoms with Crippen LogP contribution in [0.15, 0.2) is 46.9 Å². The zero-order valence-corrected chi connectivity index (χ0v) is 16.6. The van der Waals surface area contributed by atoms with Crippen molar-refractivity contribution in [3.63, 3.8) is 0 Å². The first-order valence-corrected chi connectivity index (χ1v) is 10.4. The van der Waals surface area contributed by atoms with E-state index in [0.717, 1.165) is 69.5 Å². The van der Waals surface area contributed by atoms with Crippen LogP contribution in [0.3, 0.4) is 0 Å². The van der Waals surface area contributed by atoms with Crippen molar-refractivity contribution in [2.45, 2.75) is 0 Å². The molecule has 4 rings (SSSR count). The molecule has 2 saturated heterocycles. The van der Waals surface area contributed by atoms with E-state index >= 15 is 0 Å². The molecule has 0 saturated carbocycles. The molecular weight excluding hydrogens is 404 g/mol. The van der Waals surface area contributed by atoms with Crippen LogP contribution in [-0.4, -0.2) is 52.6 Å². The molecule has 2 fully saturated rings. The first kappa shape index (κ1) is 21.7. The average Bonchev–Trinajstić information content (AvgIpc) is 2.74. The van der Waals surface area contributed by atoms with E-state index in [-0.39, 0.29) is 0 Å². The van der Waals surface area contributed by atoms with Crippen LogP contribution in [0.1, 0.15) is 0 Å². The van der Waals surface area contributed by atoms with E-state index in [9.17, 15) is 0 Å². The molecule has 0 spiro atoms. The van der Waals surface area contributed by atoms with Crippen LogP contribution in [0, 0.1) is 10.2 Å². The van der Waals surface area contributed by atoms with Gasteiger partial charge >= 0.3 is 5.55 Å². The topological polar surface area (TPSA) is 130 Å². The van der Waals surface area contributed by atoms with Gasteiger partial charge in [0.2, 0.25) is 0 Å². The van der Waals surface area contributed by atoms with Gasteiger partial charge in [-0.25, -0.2) is 18.6 Å². The van der Waals surface area contributed by atoms with E-state index in [4.69, 9.17) is 32.5 Å². The highest BCUT2D eigenvalue weighted by molar-refractivity contribution is 5.62. The molecular formula is C19H23ClN2O7. The van der Waals surface area contributed by atoms with E-state index in [1.807, 2.05) is 18.2 Å². The summed E-state index contributed by atoms with van der Waals surface area (Å²) in [6.45, 7) is 6.62. The Balaban J connectivity index is 0.000000431. The van der Waals surface area contributed by atoms with Gasteiger partial charge in [-0.1, -0.05) is 30.3 Å². The second-order valence-corrected chi connectivity index (χ2v) is 7.22. The third-order valence-electron chi connectivity index (χ3n) is 4.52. The van der Waals surface area contributed by atoms with Gasteiger partial charge in [0.05, 0.1) is 25.0 Å². The zero-order valence-electron chi connectivity index (χ0n) is 15.8. The Morgan fingerprint density at radius 2 is 1.41 bits per heavy atom. The van der Waals surface area contributed by atoms with Gasteiger partial charge in [-0.05, 0) is 0 Å². The van der Waals surface area contributed by atoms with Crippen molar-refractivity contribution < 1.29 is 42.8 Å². The summed E-state index contributed by atoms with van der Waals surface area (Å²) in [5, 5.41) is 0. The summed E-state index contributed by atoms with van der Waals surface area (Å²) < 4.78 is 53.4. The lowest BCUT2D eigenvalue weighted by atomic mass is 10.1. The molecule has 10 heteroatoms. The summed E-state index contributed by atoms with van der Waals surface area (Å²) in [7, 11) is -4.94. The van der Waals surface area contributed by atoms with Crippen molar-refractivity contribution in [1.29, 1.82) is 0 Å². The van der Waals surface area contributed by atoms with Gasteiger partial charge < -0.3 is 18.8 Å². The minimum atomic E-state index is -4.94. The Morgan fingerprint density at radius 1 is 0.828 bits per heavy atom. The van der Waals surface area contributed by atoms with Gasteiger partial charge in [0.25, 0.3) is 0 Å². The molecule has 0 amide bonds. The van der Waals surface area contributed by atoms with Gasteiger partial charge in [0.1, 0.15) is 19.0 Å². The quantitative estimate of drug-likeness (QED) is 0.460. The van der Waals surface area contributed by atoms with E-state index in [0.29, 0.717) is 0 Å². The number of morpholine rings is 2. The van der Waals surface area contributed by atoms with E-state index in [2.05, 4.69) is 33.7 Å². The third-order valence-corrected chi connectivity index (χ3v) is 4.52. The number of hydrogen-bond acceptors (Lipinski definition) is 8. The lowest BCUT2D eigenvalue weighted by Gasteiger charge is -2.28. The maximum absolute atomic E-state index is 8.49. The highest BCUT2D eigenvalue weighted by atomic mass is 35.7. The minimum Gasteiger partial charge on any atom is -0.405 e. The molecule has 2 aromatic rings. The molecule has 1 aromatic carbocycles. The summed E-state index contributed by atoms with van der Waals surface area (Å²) in [6, 6.07) is 14.6. The molecule has 9 nitrogen and oxygen atoms in total. The Bertz CT molecular complexity index is 832. The largest absolute Gasteiger partial charge is 0.405 e. The predicted octanol–water partition coefficient (Wildman–Crippen LogP) is -3.17. The lowest BCUT2D eigenvalue weighted by Crippen LogP contribution is -2.68. The smallest absolute Gasteiger partial charge is 0.370 e. The monoisotopic (exact) mass is 426 g/mol. The van der Waals surface area contributed by atoms with Crippen LogP contribution in [-0.2, 0) is 9.47 Å². The Hall–Kier alpha value is -1.98. The SMILES string of the molecule is [O-][Cl+3]([O-])([O-])[O-].c1ccc(-c2cc(N3CCOCC3)cc(=[N+]3CCOCC3)o2)cc1. The van der Waals surface area contributed by atoms with E-state index < -0.39 is 10.2 Å². The molecule has 3 heterocycles. The molecule has 2 aliphatic heterocycles. The predicted molar refractivity (Wildman–Crippen MR) is 93.0 cm³/mol. The first-order chi connectivity index (χ1) is 13.9. The third kappa shape index (κ3) is 7.09. The molecule has 0 bridgehead atoms.